The molecule has 1 unspecified atom stereocenters. The van der Waals surface area contributed by atoms with E-state index in [0.29, 0.717) is 0 Å². The van der Waals surface area contributed by atoms with Crippen LogP contribution in [0.5, 0.6) is 0 Å². The van der Waals surface area contributed by atoms with Crippen molar-refractivity contribution in [2.75, 3.05) is 6.54 Å². The summed E-state index contributed by atoms with van der Waals surface area (Å²) in [4.78, 5) is 11.8. The Morgan fingerprint density at radius 1 is 1.33 bits per heavy atom. The Morgan fingerprint density at radius 3 is 2.33 bits per heavy atom. The molecule has 1 rings (SSSR count). The predicted octanol–water partition coefficient (Wildman–Crippen LogP) is 1.61. The van der Waals surface area contributed by atoms with E-state index >= 15 is 0 Å². The molecule has 1 aromatic rings. The molecular formula is C13H18F2N2O. The molecule has 0 radical (unpaired) electrons. The third-order valence-electron chi connectivity index (χ3n) is 2.60. The van der Waals surface area contributed by atoms with Gasteiger partial charge in [-0.05, 0) is 32.4 Å². The maximum absolute atomic E-state index is 13.5. The summed E-state index contributed by atoms with van der Waals surface area (Å²) in [6.07, 6.45) is -0.0342. The lowest BCUT2D eigenvalue weighted by Gasteiger charge is -2.17. The summed E-state index contributed by atoms with van der Waals surface area (Å²) < 4.78 is 26.9. The van der Waals surface area contributed by atoms with Crippen LogP contribution in [0.3, 0.4) is 0 Å². The molecule has 1 amide bonds. The van der Waals surface area contributed by atoms with Gasteiger partial charge in [0.1, 0.15) is 11.6 Å². The summed E-state index contributed by atoms with van der Waals surface area (Å²) in [5, 5.41) is 2.69. The van der Waals surface area contributed by atoms with E-state index in [1.165, 1.54) is 18.2 Å². The van der Waals surface area contributed by atoms with Gasteiger partial charge in [-0.1, -0.05) is 6.07 Å². The van der Waals surface area contributed by atoms with E-state index in [9.17, 15) is 13.6 Å². The Balaban J connectivity index is 2.83. The van der Waals surface area contributed by atoms with Crippen LogP contribution in [0.4, 0.5) is 8.78 Å². The van der Waals surface area contributed by atoms with Crippen molar-refractivity contribution in [2.24, 2.45) is 11.7 Å². The Morgan fingerprint density at radius 2 is 1.89 bits per heavy atom. The molecule has 100 valence electrons. The quantitative estimate of drug-likeness (QED) is 0.841. The van der Waals surface area contributed by atoms with Crippen molar-refractivity contribution >= 4 is 5.91 Å². The number of nitrogens with one attached hydrogen (secondary N) is 1. The number of halogens is 2. The monoisotopic (exact) mass is 256 g/mol. The predicted molar refractivity (Wildman–Crippen MR) is 65.9 cm³/mol. The molecule has 0 aliphatic heterocycles. The van der Waals surface area contributed by atoms with Crippen LogP contribution in [-0.2, 0) is 11.2 Å². The second kappa shape index (κ2) is 6.44. The first-order valence-corrected chi connectivity index (χ1v) is 5.89. The van der Waals surface area contributed by atoms with Gasteiger partial charge in [0.05, 0.1) is 5.92 Å². The van der Waals surface area contributed by atoms with Crippen molar-refractivity contribution in [1.29, 1.82) is 0 Å². The highest BCUT2D eigenvalue weighted by atomic mass is 19.1. The topological polar surface area (TPSA) is 55.1 Å². The second-order valence-corrected chi connectivity index (χ2v) is 4.50. The molecule has 18 heavy (non-hydrogen) atoms. The molecule has 0 aliphatic carbocycles. The Hall–Kier alpha value is -1.49. The van der Waals surface area contributed by atoms with Crippen molar-refractivity contribution in [2.45, 2.75) is 26.3 Å². The number of carbonyl (C=O) groups excluding carboxylic acids is 1. The summed E-state index contributed by atoms with van der Waals surface area (Å²) in [6.45, 7) is 3.68. The molecule has 0 aromatic heterocycles. The lowest BCUT2D eigenvalue weighted by atomic mass is 9.97. The zero-order valence-electron chi connectivity index (χ0n) is 10.5. The van der Waals surface area contributed by atoms with Crippen LogP contribution in [-0.4, -0.2) is 18.5 Å². The van der Waals surface area contributed by atoms with Gasteiger partial charge in [-0.15, -0.1) is 0 Å². The average Bonchev–Trinajstić information content (AvgIpc) is 2.27. The van der Waals surface area contributed by atoms with E-state index in [1.807, 2.05) is 13.8 Å². The first-order valence-electron chi connectivity index (χ1n) is 5.89. The number of hydrogen-bond acceptors (Lipinski definition) is 2. The van der Waals surface area contributed by atoms with Gasteiger partial charge in [0.15, 0.2) is 0 Å². The zero-order chi connectivity index (χ0) is 13.7. The fourth-order valence-corrected chi connectivity index (χ4v) is 1.66. The second-order valence-electron chi connectivity index (χ2n) is 4.50. The summed E-state index contributed by atoms with van der Waals surface area (Å²) in [7, 11) is 0. The largest absolute Gasteiger partial charge is 0.354 e. The molecule has 0 spiro atoms. The highest BCUT2D eigenvalue weighted by molar-refractivity contribution is 5.79. The average molecular weight is 256 g/mol. The molecule has 0 fully saturated rings. The number of amides is 1. The molecule has 1 atom stereocenters. The summed E-state index contributed by atoms with van der Waals surface area (Å²) in [6, 6.07) is 3.61. The van der Waals surface area contributed by atoms with E-state index in [2.05, 4.69) is 5.32 Å². The highest BCUT2D eigenvalue weighted by Crippen LogP contribution is 2.16. The van der Waals surface area contributed by atoms with Crippen molar-refractivity contribution < 1.29 is 13.6 Å². The third kappa shape index (κ3) is 3.77. The fourth-order valence-electron chi connectivity index (χ4n) is 1.66. The minimum atomic E-state index is -0.647. The van der Waals surface area contributed by atoms with Crippen LogP contribution in [0.2, 0.25) is 0 Å². The Labute approximate surface area is 105 Å². The van der Waals surface area contributed by atoms with Crippen molar-refractivity contribution in [3.63, 3.8) is 0 Å². The number of rotatable bonds is 5. The lowest BCUT2D eigenvalue weighted by molar-refractivity contribution is -0.125. The number of hydrogen-bond donors (Lipinski definition) is 2. The first kappa shape index (κ1) is 14.6. The van der Waals surface area contributed by atoms with Crippen LogP contribution in [0, 0.1) is 17.6 Å². The van der Waals surface area contributed by atoms with Gasteiger partial charge in [-0.2, -0.15) is 0 Å². The van der Waals surface area contributed by atoms with Gasteiger partial charge < -0.3 is 11.1 Å². The fraction of sp³-hybridized carbons (Fsp3) is 0.462. The van der Waals surface area contributed by atoms with E-state index in [0.717, 1.165) is 0 Å². The van der Waals surface area contributed by atoms with E-state index in [1.54, 1.807) is 0 Å². The molecule has 0 aliphatic rings. The SMILES string of the molecule is CC(C)NC(=O)C(CN)Cc1c(F)cccc1F. The minimum absolute atomic E-state index is 0.0305. The van der Waals surface area contributed by atoms with Gasteiger partial charge in [-0.3, -0.25) is 4.79 Å². The number of carbonyl (C=O) groups is 1. The number of nitrogens with two attached hydrogens (primary N) is 1. The van der Waals surface area contributed by atoms with Crippen molar-refractivity contribution in [3.05, 3.63) is 35.4 Å². The third-order valence-corrected chi connectivity index (χ3v) is 2.60. The summed E-state index contributed by atoms with van der Waals surface area (Å²) >= 11 is 0. The zero-order valence-corrected chi connectivity index (χ0v) is 10.5. The normalized spacial score (nSPS) is 12.6. The van der Waals surface area contributed by atoms with Gasteiger partial charge in [0.25, 0.3) is 0 Å². The smallest absolute Gasteiger partial charge is 0.224 e. The van der Waals surface area contributed by atoms with Crippen LogP contribution >= 0.6 is 0 Å². The standard InChI is InChI=1S/C13H18F2N2O/c1-8(2)17-13(18)9(7-16)6-10-11(14)4-3-5-12(10)15/h3-5,8-9H,6-7,16H2,1-2H3,(H,17,18). The summed E-state index contributed by atoms with van der Waals surface area (Å²) in [5.74, 6) is -2.20. The minimum Gasteiger partial charge on any atom is -0.354 e. The van der Waals surface area contributed by atoms with Crippen LogP contribution in [0.1, 0.15) is 19.4 Å². The molecule has 0 bridgehead atoms. The maximum atomic E-state index is 13.5. The molecular weight excluding hydrogens is 238 g/mol. The Kier molecular flexibility index (Phi) is 5.22. The lowest BCUT2D eigenvalue weighted by Crippen LogP contribution is -2.40. The van der Waals surface area contributed by atoms with Crippen molar-refractivity contribution in [1.82, 2.24) is 5.32 Å². The highest BCUT2D eigenvalue weighted by Gasteiger charge is 2.21. The van der Waals surface area contributed by atoms with E-state index < -0.39 is 17.6 Å². The molecule has 0 heterocycles. The van der Waals surface area contributed by atoms with Gasteiger partial charge in [-0.25, -0.2) is 8.78 Å². The molecule has 5 heteroatoms. The van der Waals surface area contributed by atoms with Crippen LogP contribution in [0.25, 0.3) is 0 Å². The van der Waals surface area contributed by atoms with E-state index in [-0.39, 0.29) is 30.5 Å². The van der Waals surface area contributed by atoms with Crippen LogP contribution < -0.4 is 11.1 Å². The van der Waals surface area contributed by atoms with Crippen molar-refractivity contribution in [3.8, 4) is 0 Å². The molecule has 3 N–H and O–H groups in total. The van der Waals surface area contributed by atoms with Gasteiger partial charge >= 0.3 is 0 Å². The maximum Gasteiger partial charge on any atom is 0.224 e. The Bertz CT molecular complexity index is 401. The van der Waals surface area contributed by atoms with Crippen LogP contribution in [0.15, 0.2) is 18.2 Å². The van der Waals surface area contributed by atoms with Gasteiger partial charge in [0, 0.05) is 18.2 Å². The van der Waals surface area contributed by atoms with E-state index in [4.69, 9.17) is 5.73 Å². The molecule has 3 nitrogen and oxygen atoms in total. The molecule has 0 saturated carbocycles. The molecule has 0 saturated heterocycles. The summed E-state index contributed by atoms with van der Waals surface area (Å²) in [5.41, 5.74) is 5.40. The number of benzene rings is 1. The molecule has 1 aromatic carbocycles. The first-order chi connectivity index (χ1) is 8.45. The van der Waals surface area contributed by atoms with Gasteiger partial charge in [0.2, 0.25) is 5.91 Å².